The number of hydrogen-bond acceptors (Lipinski definition) is 3. The number of aryl methyl sites for hydroxylation is 1. The number of thioether (sulfide) groups is 1. The third kappa shape index (κ3) is 4.04. The van der Waals surface area contributed by atoms with Gasteiger partial charge in [-0.2, -0.15) is 0 Å². The van der Waals surface area contributed by atoms with Gasteiger partial charge in [-0.25, -0.2) is 0 Å². The number of para-hydroxylation sites is 1. The first-order chi connectivity index (χ1) is 10.8. The summed E-state index contributed by atoms with van der Waals surface area (Å²) in [5.74, 6) is 1.82. The highest BCUT2D eigenvalue weighted by Crippen LogP contribution is 2.30. The monoisotopic (exact) mass is 313 g/mol. The molecule has 3 nitrogen and oxygen atoms in total. The zero-order chi connectivity index (χ0) is 15.2. The molecule has 1 heterocycles. The van der Waals surface area contributed by atoms with Crippen molar-refractivity contribution in [3.8, 4) is 5.75 Å². The van der Waals surface area contributed by atoms with E-state index in [1.165, 1.54) is 22.6 Å². The van der Waals surface area contributed by atoms with Crippen molar-refractivity contribution in [3.63, 3.8) is 0 Å². The average molecular weight is 313 g/mol. The largest absolute Gasteiger partial charge is 0.484 e. The highest BCUT2D eigenvalue weighted by molar-refractivity contribution is 7.99. The van der Waals surface area contributed by atoms with Crippen LogP contribution in [-0.2, 0) is 17.8 Å². The molecule has 3 rings (SSSR count). The minimum Gasteiger partial charge on any atom is -0.484 e. The van der Waals surface area contributed by atoms with Crippen molar-refractivity contribution in [1.82, 2.24) is 5.32 Å². The van der Waals surface area contributed by atoms with Crippen molar-refractivity contribution in [1.29, 1.82) is 0 Å². The summed E-state index contributed by atoms with van der Waals surface area (Å²) in [6.45, 7) is 0.597. The van der Waals surface area contributed by atoms with E-state index < -0.39 is 0 Å². The molecule has 0 saturated heterocycles. The van der Waals surface area contributed by atoms with Crippen LogP contribution in [-0.4, -0.2) is 18.3 Å². The lowest BCUT2D eigenvalue weighted by Crippen LogP contribution is -2.28. The van der Waals surface area contributed by atoms with Crippen molar-refractivity contribution in [2.24, 2.45) is 0 Å². The summed E-state index contributed by atoms with van der Waals surface area (Å²) >= 11 is 1.92. The molecule has 0 spiro atoms. The first-order valence-electron chi connectivity index (χ1n) is 7.50. The molecule has 0 unspecified atom stereocenters. The van der Waals surface area contributed by atoms with Crippen LogP contribution >= 0.6 is 11.8 Å². The molecular formula is C18H19NO2S. The van der Waals surface area contributed by atoms with Gasteiger partial charge in [0, 0.05) is 11.4 Å². The van der Waals surface area contributed by atoms with Crippen LogP contribution in [0.5, 0.6) is 5.75 Å². The Morgan fingerprint density at radius 1 is 1.18 bits per heavy atom. The Balaban J connectivity index is 1.48. The van der Waals surface area contributed by atoms with Gasteiger partial charge in [-0.1, -0.05) is 30.3 Å². The molecule has 2 aromatic carbocycles. The van der Waals surface area contributed by atoms with Crippen molar-refractivity contribution in [3.05, 3.63) is 59.7 Å². The number of fused-ring (bicyclic) bond motifs is 1. The Morgan fingerprint density at radius 3 is 2.91 bits per heavy atom. The molecule has 114 valence electrons. The van der Waals surface area contributed by atoms with Crippen LogP contribution in [0.3, 0.4) is 0 Å². The summed E-state index contributed by atoms with van der Waals surface area (Å²) in [7, 11) is 0. The van der Waals surface area contributed by atoms with E-state index in [2.05, 4.69) is 23.5 Å². The number of amides is 1. The maximum absolute atomic E-state index is 11.8. The SMILES string of the molecule is O=C(COc1ccccc1)NCc1ccc2c(c1)CCCS2. The lowest BCUT2D eigenvalue weighted by Gasteiger charge is -2.16. The Labute approximate surface area is 135 Å². The molecule has 0 bridgehead atoms. The van der Waals surface area contributed by atoms with Gasteiger partial charge in [-0.15, -0.1) is 11.8 Å². The van der Waals surface area contributed by atoms with Crippen LogP contribution in [0.15, 0.2) is 53.4 Å². The summed E-state index contributed by atoms with van der Waals surface area (Å²) in [5, 5.41) is 2.91. The quantitative estimate of drug-likeness (QED) is 0.919. The third-order valence-electron chi connectivity index (χ3n) is 3.58. The molecule has 0 aromatic heterocycles. The van der Waals surface area contributed by atoms with E-state index in [0.29, 0.717) is 12.3 Å². The van der Waals surface area contributed by atoms with Crippen LogP contribution in [0.4, 0.5) is 0 Å². The Hall–Kier alpha value is -1.94. The molecule has 1 aliphatic heterocycles. The van der Waals surface area contributed by atoms with Crippen LogP contribution in [0.1, 0.15) is 17.5 Å². The molecule has 1 aliphatic rings. The van der Waals surface area contributed by atoms with Gasteiger partial charge < -0.3 is 10.1 Å². The molecule has 0 fully saturated rings. The van der Waals surface area contributed by atoms with Gasteiger partial charge in [0.1, 0.15) is 5.75 Å². The van der Waals surface area contributed by atoms with Gasteiger partial charge in [0.05, 0.1) is 0 Å². The fourth-order valence-electron chi connectivity index (χ4n) is 2.44. The number of ether oxygens (including phenoxy) is 1. The zero-order valence-corrected chi connectivity index (χ0v) is 13.2. The van der Waals surface area contributed by atoms with E-state index in [4.69, 9.17) is 4.74 Å². The van der Waals surface area contributed by atoms with Crippen LogP contribution in [0.25, 0.3) is 0 Å². The minimum absolute atomic E-state index is 0.0464. The summed E-state index contributed by atoms with van der Waals surface area (Å²) in [6.07, 6.45) is 2.37. The van der Waals surface area contributed by atoms with E-state index in [-0.39, 0.29) is 12.5 Å². The summed E-state index contributed by atoms with van der Waals surface area (Å²) in [5.41, 5.74) is 2.55. The van der Waals surface area contributed by atoms with E-state index in [1.54, 1.807) is 0 Å². The van der Waals surface area contributed by atoms with Crippen molar-refractivity contribution >= 4 is 17.7 Å². The number of carbonyl (C=O) groups is 1. The average Bonchev–Trinajstić information content (AvgIpc) is 2.59. The van der Waals surface area contributed by atoms with Gasteiger partial charge in [-0.05, 0) is 47.9 Å². The number of hydrogen-bond donors (Lipinski definition) is 1. The normalized spacial score (nSPS) is 13.3. The second kappa shape index (κ2) is 7.36. The van der Waals surface area contributed by atoms with Crippen molar-refractivity contribution < 1.29 is 9.53 Å². The lowest BCUT2D eigenvalue weighted by molar-refractivity contribution is -0.123. The lowest BCUT2D eigenvalue weighted by atomic mass is 10.1. The molecule has 1 N–H and O–H groups in total. The predicted octanol–water partition coefficient (Wildman–Crippen LogP) is 3.42. The number of rotatable bonds is 5. The fraction of sp³-hybridized carbons (Fsp3) is 0.278. The second-order valence-corrected chi connectivity index (χ2v) is 6.41. The van der Waals surface area contributed by atoms with E-state index in [9.17, 15) is 4.79 Å². The summed E-state index contributed by atoms with van der Waals surface area (Å²) in [6, 6.07) is 15.8. The van der Waals surface area contributed by atoms with E-state index in [1.807, 2.05) is 42.1 Å². The number of nitrogens with one attached hydrogen (secondary N) is 1. The Bertz CT molecular complexity index is 643. The molecule has 4 heteroatoms. The van der Waals surface area contributed by atoms with Gasteiger partial charge >= 0.3 is 0 Å². The van der Waals surface area contributed by atoms with E-state index >= 15 is 0 Å². The molecule has 2 aromatic rings. The summed E-state index contributed by atoms with van der Waals surface area (Å²) in [4.78, 5) is 13.2. The van der Waals surface area contributed by atoms with Crippen molar-refractivity contribution in [2.75, 3.05) is 12.4 Å². The first-order valence-corrected chi connectivity index (χ1v) is 8.49. The second-order valence-electron chi connectivity index (χ2n) is 5.27. The predicted molar refractivity (Wildman–Crippen MR) is 89.3 cm³/mol. The third-order valence-corrected chi connectivity index (χ3v) is 4.78. The molecule has 22 heavy (non-hydrogen) atoms. The van der Waals surface area contributed by atoms with Crippen molar-refractivity contribution in [2.45, 2.75) is 24.3 Å². The highest BCUT2D eigenvalue weighted by atomic mass is 32.2. The van der Waals surface area contributed by atoms with E-state index in [0.717, 1.165) is 12.0 Å². The van der Waals surface area contributed by atoms with Gasteiger partial charge in [0.15, 0.2) is 6.61 Å². The van der Waals surface area contributed by atoms with Crippen LogP contribution in [0, 0.1) is 0 Å². The molecule has 0 radical (unpaired) electrons. The maximum atomic E-state index is 11.8. The first kappa shape index (κ1) is 15.0. The summed E-state index contributed by atoms with van der Waals surface area (Å²) < 4.78 is 5.43. The molecule has 1 amide bonds. The standard InChI is InChI=1S/C18H19NO2S/c20-18(13-21-16-6-2-1-3-7-16)19-12-14-8-9-17-15(11-14)5-4-10-22-17/h1-3,6-9,11H,4-5,10,12-13H2,(H,19,20). The van der Waals surface area contributed by atoms with Gasteiger partial charge in [0.25, 0.3) is 5.91 Å². The zero-order valence-electron chi connectivity index (χ0n) is 12.4. The maximum Gasteiger partial charge on any atom is 0.258 e. The minimum atomic E-state index is -0.101. The number of carbonyl (C=O) groups excluding carboxylic acids is 1. The molecule has 0 aliphatic carbocycles. The van der Waals surface area contributed by atoms with Gasteiger partial charge in [-0.3, -0.25) is 4.79 Å². The topological polar surface area (TPSA) is 38.3 Å². The molecule has 0 saturated carbocycles. The molecule has 0 atom stereocenters. The molecular weight excluding hydrogens is 294 g/mol. The highest BCUT2D eigenvalue weighted by Gasteiger charge is 2.10. The fourth-order valence-corrected chi connectivity index (χ4v) is 3.46. The Morgan fingerprint density at radius 2 is 2.05 bits per heavy atom. The van der Waals surface area contributed by atoms with Crippen LogP contribution < -0.4 is 10.1 Å². The number of benzene rings is 2. The smallest absolute Gasteiger partial charge is 0.258 e. The Kier molecular flexibility index (Phi) is 5.01. The van der Waals surface area contributed by atoms with Crippen LogP contribution in [0.2, 0.25) is 0 Å². The van der Waals surface area contributed by atoms with Gasteiger partial charge in [0.2, 0.25) is 0 Å².